The predicted octanol–water partition coefficient (Wildman–Crippen LogP) is -0.486. The van der Waals surface area contributed by atoms with E-state index in [9.17, 15) is 10.2 Å². The molecule has 1 aliphatic rings. The first kappa shape index (κ1) is 9.66. The van der Waals surface area contributed by atoms with Gasteiger partial charge < -0.3 is 19.7 Å². The molecule has 5 heteroatoms. The Bertz CT molecular complexity index is 130. The summed E-state index contributed by atoms with van der Waals surface area (Å²) < 4.78 is 9.61. The van der Waals surface area contributed by atoms with Crippen molar-refractivity contribution in [3.05, 3.63) is 0 Å². The molecule has 0 aliphatic carbocycles. The third kappa shape index (κ3) is 2.03. The first-order chi connectivity index (χ1) is 5.16. The summed E-state index contributed by atoms with van der Waals surface area (Å²) in [4.78, 5) is 0. The lowest BCUT2D eigenvalue weighted by Gasteiger charge is -2.33. The molecule has 4 nitrogen and oxygen atoms in total. The van der Waals surface area contributed by atoms with Crippen LogP contribution in [0.5, 0.6) is 0 Å². The Hall–Kier alpha value is 0.570. The second-order valence-electron chi connectivity index (χ2n) is 2.44. The zero-order valence-corrected chi connectivity index (χ0v) is 8.26. The number of aliphatic hydroxyl groups is 2. The molecule has 1 saturated heterocycles. The summed E-state index contributed by atoms with van der Waals surface area (Å²) in [5, 5.41) is 18.6. The number of hydrogen-bond acceptors (Lipinski definition) is 4. The molecule has 1 fully saturated rings. The van der Waals surface area contributed by atoms with E-state index in [0.717, 1.165) is 0 Å². The molecule has 4 unspecified atom stereocenters. The predicted molar refractivity (Wildman–Crippen MR) is 46.6 cm³/mol. The minimum Gasteiger partial charge on any atom is -0.390 e. The number of methoxy groups -OCH3 is 1. The lowest BCUT2D eigenvalue weighted by molar-refractivity contribution is -0.219. The number of hydrogen-bond donors (Lipinski definition) is 2. The molecule has 1 aliphatic heterocycles. The van der Waals surface area contributed by atoms with Gasteiger partial charge in [-0.3, -0.25) is 0 Å². The fraction of sp³-hybridized carbons (Fsp3) is 1.00. The van der Waals surface area contributed by atoms with Gasteiger partial charge in [0.05, 0.1) is 16.6 Å². The maximum Gasteiger partial charge on any atom is 0.184 e. The second-order valence-corrected chi connectivity index (χ2v) is 3.88. The summed E-state index contributed by atoms with van der Waals surface area (Å²) in [5.41, 5.74) is 0. The van der Waals surface area contributed by atoms with Crippen LogP contribution >= 0.6 is 22.6 Å². The molecule has 0 radical (unpaired) electrons. The normalized spacial score (nSPS) is 45.8. The van der Waals surface area contributed by atoms with Crippen molar-refractivity contribution in [3.63, 3.8) is 0 Å². The summed E-state index contributed by atoms with van der Waals surface area (Å²) >= 11 is 1.99. The quantitative estimate of drug-likeness (QED) is 0.500. The van der Waals surface area contributed by atoms with Crippen molar-refractivity contribution in [1.82, 2.24) is 0 Å². The highest BCUT2D eigenvalue weighted by molar-refractivity contribution is 14.1. The van der Waals surface area contributed by atoms with Crippen LogP contribution < -0.4 is 0 Å². The standard InChI is InChI=1S/C6H11IO4/c1-10-6-5(9)4(7)3(8)2-11-6/h3-6,8-9H,2H2,1H3. The molecule has 2 N–H and O–H groups in total. The van der Waals surface area contributed by atoms with Crippen LogP contribution in [-0.2, 0) is 9.47 Å². The molecule has 0 aromatic heterocycles. The molecule has 0 bridgehead atoms. The molecular formula is C6H11IO4. The molecule has 0 amide bonds. The average Bonchev–Trinajstić information content (AvgIpc) is 2.01. The van der Waals surface area contributed by atoms with Gasteiger partial charge in [0, 0.05) is 7.11 Å². The van der Waals surface area contributed by atoms with Crippen molar-refractivity contribution >= 4 is 22.6 Å². The molecule has 11 heavy (non-hydrogen) atoms. The van der Waals surface area contributed by atoms with Gasteiger partial charge in [0.1, 0.15) is 6.10 Å². The average molecular weight is 274 g/mol. The summed E-state index contributed by atoms with van der Waals surface area (Å²) in [6.45, 7) is 0.225. The molecule has 1 rings (SSSR count). The largest absolute Gasteiger partial charge is 0.390 e. The fourth-order valence-corrected chi connectivity index (χ4v) is 1.52. The molecule has 1 heterocycles. The maximum absolute atomic E-state index is 9.39. The van der Waals surface area contributed by atoms with Crippen LogP contribution in [0.3, 0.4) is 0 Å². The zero-order chi connectivity index (χ0) is 8.43. The van der Waals surface area contributed by atoms with Gasteiger partial charge in [0.25, 0.3) is 0 Å². The van der Waals surface area contributed by atoms with Gasteiger partial charge in [-0.05, 0) is 0 Å². The lowest BCUT2D eigenvalue weighted by Crippen LogP contribution is -2.50. The van der Waals surface area contributed by atoms with Crippen molar-refractivity contribution < 1.29 is 19.7 Å². The maximum atomic E-state index is 9.39. The molecule has 0 spiro atoms. The Morgan fingerprint density at radius 3 is 2.73 bits per heavy atom. The van der Waals surface area contributed by atoms with E-state index in [2.05, 4.69) is 0 Å². The van der Waals surface area contributed by atoms with Crippen molar-refractivity contribution in [2.45, 2.75) is 22.4 Å². The molecule has 4 atom stereocenters. The molecule has 0 aromatic carbocycles. The van der Waals surface area contributed by atoms with E-state index in [1.807, 2.05) is 22.6 Å². The summed E-state index contributed by atoms with van der Waals surface area (Å²) in [6, 6.07) is 0. The van der Waals surface area contributed by atoms with Crippen LogP contribution in [0.25, 0.3) is 0 Å². The Labute approximate surface area is 78.6 Å². The van der Waals surface area contributed by atoms with E-state index >= 15 is 0 Å². The van der Waals surface area contributed by atoms with Crippen molar-refractivity contribution in [2.24, 2.45) is 0 Å². The van der Waals surface area contributed by atoms with Crippen LogP contribution in [0, 0.1) is 0 Å². The van der Waals surface area contributed by atoms with Gasteiger partial charge in [0.2, 0.25) is 0 Å². The van der Waals surface area contributed by atoms with Crippen molar-refractivity contribution in [2.75, 3.05) is 13.7 Å². The fourth-order valence-electron chi connectivity index (χ4n) is 0.969. The van der Waals surface area contributed by atoms with E-state index in [-0.39, 0.29) is 10.5 Å². The summed E-state index contributed by atoms with van der Waals surface area (Å²) in [5.74, 6) is 0. The third-order valence-electron chi connectivity index (χ3n) is 1.64. The van der Waals surface area contributed by atoms with Gasteiger partial charge in [0.15, 0.2) is 6.29 Å². The van der Waals surface area contributed by atoms with Crippen LogP contribution in [0.2, 0.25) is 0 Å². The van der Waals surface area contributed by atoms with E-state index < -0.39 is 18.5 Å². The van der Waals surface area contributed by atoms with Gasteiger partial charge in [-0.15, -0.1) is 0 Å². The Morgan fingerprint density at radius 2 is 2.18 bits per heavy atom. The molecule has 0 aromatic rings. The van der Waals surface area contributed by atoms with E-state index in [1.54, 1.807) is 0 Å². The first-order valence-corrected chi connectivity index (χ1v) is 4.56. The minimum absolute atomic E-state index is 0.216. The number of aliphatic hydroxyl groups excluding tert-OH is 2. The summed E-state index contributed by atoms with van der Waals surface area (Å²) in [7, 11) is 1.47. The highest BCUT2D eigenvalue weighted by Crippen LogP contribution is 2.22. The summed E-state index contributed by atoms with van der Waals surface area (Å²) in [6.07, 6.45) is -1.94. The number of alkyl halides is 1. The minimum atomic E-state index is -0.746. The Kier molecular flexibility index (Phi) is 3.51. The van der Waals surface area contributed by atoms with Crippen molar-refractivity contribution in [3.8, 4) is 0 Å². The highest BCUT2D eigenvalue weighted by atomic mass is 127. The number of halogens is 1. The van der Waals surface area contributed by atoms with E-state index in [4.69, 9.17) is 9.47 Å². The Balaban J connectivity index is 2.52. The zero-order valence-electron chi connectivity index (χ0n) is 6.11. The first-order valence-electron chi connectivity index (χ1n) is 3.31. The van der Waals surface area contributed by atoms with E-state index in [0.29, 0.717) is 0 Å². The van der Waals surface area contributed by atoms with Crippen molar-refractivity contribution in [1.29, 1.82) is 0 Å². The lowest BCUT2D eigenvalue weighted by atomic mass is 10.1. The third-order valence-corrected chi connectivity index (χ3v) is 3.20. The topological polar surface area (TPSA) is 58.9 Å². The molecule has 66 valence electrons. The van der Waals surface area contributed by atoms with Gasteiger partial charge >= 0.3 is 0 Å². The number of rotatable bonds is 1. The monoisotopic (exact) mass is 274 g/mol. The van der Waals surface area contributed by atoms with Crippen LogP contribution in [0.4, 0.5) is 0 Å². The highest BCUT2D eigenvalue weighted by Gasteiger charge is 2.36. The van der Waals surface area contributed by atoms with Gasteiger partial charge in [-0.1, -0.05) is 22.6 Å². The second kappa shape index (κ2) is 3.99. The van der Waals surface area contributed by atoms with Gasteiger partial charge in [-0.2, -0.15) is 0 Å². The Morgan fingerprint density at radius 1 is 1.55 bits per heavy atom. The van der Waals surface area contributed by atoms with Crippen LogP contribution in [-0.4, -0.2) is 46.4 Å². The SMILES string of the molecule is COC1OCC(O)C(I)C1O. The number of ether oxygens (including phenoxy) is 2. The smallest absolute Gasteiger partial charge is 0.184 e. The van der Waals surface area contributed by atoms with Crippen LogP contribution in [0.15, 0.2) is 0 Å². The molecule has 0 saturated carbocycles. The molecular weight excluding hydrogens is 263 g/mol. The van der Waals surface area contributed by atoms with Gasteiger partial charge in [-0.25, -0.2) is 0 Å². The van der Waals surface area contributed by atoms with Crippen LogP contribution in [0.1, 0.15) is 0 Å². The van der Waals surface area contributed by atoms with E-state index in [1.165, 1.54) is 7.11 Å².